The van der Waals surface area contributed by atoms with E-state index < -0.39 is 11.5 Å². The van der Waals surface area contributed by atoms with Gasteiger partial charge in [-0.1, -0.05) is 0 Å². The lowest BCUT2D eigenvalue weighted by Gasteiger charge is -1.99. The minimum Gasteiger partial charge on any atom is -0.442 e. The van der Waals surface area contributed by atoms with Gasteiger partial charge in [-0.15, -0.1) is 11.3 Å². The Morgan fingerprint density at radius 3 is 2.95 bits per heavy atom. The highest BCUT2D eigenvalue weighted by Crippen LogP contribution is 2.22. The van der Waals surface area contributed by atoms with Crippen molar-refractivity contribution in [3.8, 4) is 0 Å². The maximum Gasteiger partial charge on any atom is 0.262 e. The summed E-state index contributed by atoms with van der Waals surface area (Å²) in [5, 5.41) is 5.10. The molecule has 0 aliphatic heterocycles. The number of nitrogens with one attached hydrogen (secondary N) is 2. The molecule has 8 heteroatoms. The number of furan rings is 1. The quantitative estimate of drug-likeness (QED) is 0.750. The number of carbonyl (C=O) groups excluding carboxylic acids is 1. The molecule has 3 aromatic heterocycles. The molecular weight excluding hydrogens is 280 g/mol. The zero-order valence-corrected chi connectivity index (χ0v) is 11.5. The number of carbonyl (C=O) groups is 1. The second kappa shape index (κ2) is 4.57. The number of anilines is 1. The fraction of sp³-hybridized carbons (Fsp3) is 0.167. The van der Waals surface area contributed by atoms with Crippen LogP contribution in [0.3, 0.4) is 0 Å². The molecule has 3 rings (SSSR count). The van der Waals surface area contributed by atoms with Gasteiger partial charge in [0.25, 0.3) is 11.5 Å². The van der Waals surface area contributed by atoms with Crippen LogP contribution in [0.25, 0.3) is 11.1 Å². The summed E-state index contributed by atoms with van der Waals surface area (Å²) in [5.74, 6) is -0.0934. The Morgan fingerprint density at radius 1 is 1.45 bits per heavy atom. The number of aromatic nitrogens is 3. The summed E-state index contributed by atoms with van der Waals surface area (Å²) in [4.78, 5) is 34.6. The molecule has 0 saturated heterocycles. The first kappa shape index (κ1) is 12.5. The third kappa shape index (κ3) is 1.99. The topological polar surface area (TPSA) is 101 Å². The second-order valence-electron chi connectivity index (χ2n) is 4.19. The van der Waals surface area contributed by atoms with E-state index in [9.17, 15) is 9.59 Å². The SMILES string of the molecule is Cc1csc(NC(=O)c2c(C)oc3nc[nH]c(=O)c23)n1. The van der Waals surface area contributed by atoms with Crippen molar-refractivity contribution in [2.75, 3.05) is 5.32 Å². The molecule has 1 amide bonds. The molecule has 0 unspecified atom stereocenters. The van der Waals surface area contributed by atoms with Gasteiger partial charge in [-0.3, -0.25) is 14.9 Å². The fourth-order valence-electron chi connectivity index (χ4n) is 1.90. The van der Waals surface area contributed by atoms with E-state index >= 15 is 0 Å². The molecule has 0 aliphatic carbocycles. The van der Waals surface area contributed by atoms with Crippen LogP contribution in [0.1, 0.15) is 21.8 Å². The summed E-state index contributed by atoms with van der Waals surface area (Å²) in [7, 11) is 0. The standard InChI is InChI=1S/C12H10N4O3S/c1-5-3-20-12(15-5)16-10(18)7-6(2)19-11-8(7)9(17)13-4-14-11/h3-4H,1-2H3,(H,13,14,17)(H,15,16,18). The second-order valence-corrected chi connectivity index (χ2v) is 5.05. The molecular formula is C12H10N4O3S. The van der Waals surface area contributed by atoms with Gasteiger partial charge in [-0.25, -0.2) is 9.97 Å². The minimum atomic E-state index is -0.436. The van der Waals surface area contributed by atoms with Gasteiger partial charge in [0, 0.05) is 5.38 Å². The Hall–Kier alpha value is -2.48. The van der Waals surface area contributed by atoms with Crippen LogP contribution in [-0.4, -0.2) is 20.9 Å². The van der Waals surface area contributed by atoms with Crippen LogP contribution in [-0.2, 0) is 0 Å². The zero-order valence-electron chi connectivity index (χ0n) is 10.7. The van der Waals surface area contributed by atoms with Crippen LogP contribution in [0.4, 0.5) is 5.13 Å². The molecule has 0 atom stereocenters. The van der Waals surface area contributed by atoms with Gasteiger partial charge in [0.2, 0.25) is 5.71 Å². The molecule has 3 heterocycles. The predicted octanol–water partition coefficient (Wildman–Crippen LogP) is 1.84. The van der Waals surface area contributed by atoms with Crippen LogP contribution in [0.5, 0.6) is 0 Å². The molecule has 20 heavy (non-hydrogen) atoms. The smallest absolute Gasteiger partial charge is 0.262 e. The molecule has 0 spiro atoms. The van der Waals surface area contributed by atoms with E-state index in [4.69, 9.17) is 4.42 Å². The average molecular weight is 290 g/mol. The van der Waals surface area contributed by atoms with Gasteiger partial charge in [-0.05, 0) is 13.8 Å². The Labute approximate surface area is 116 Å². The van der Waals surface area contributed by atoms with Gasteiger partial charge in [0.15, 0.2) is 5.13 Å². The van der Waals surface area contributed by atoms with E-state index in [2.05, 4.69) is 20.3 Å². The molecule has 102 valence electrons. The molecule has 0 radical (unpaired) electrons. The summed E-state index contributed by atoms with van der Waals surface area (Å²) in [6.45, 7) is 3.45. The highest BCUT2D eigenvalue weighted by atomic mass is 32.1. The normalized spacial score (nSPS) is 10.9. The molecule has 0 aromatic carbocycles. The number of amides is 1. The number of H-pyrrole nitrogens is 1. The molecule has 0 saturated carbocycles. The number of nitrogens with zero attached hydrogens (tertiary/aromatic N) is 2. The van der Waals surface area contributed by atoms with Crippen molar-refractivity contribution < 1.29 is 9.21 Å². The molecule has 3 aromatic rings. The molecule has 0 aliphatic rings. The zero-order chi connectivity index (χ0) is 14.3. The lowest BCUT2D eigenvalue weighted by molar-refractivity contribution is 0.102. The highest BCUT2D eigenvalue weighted by molar-refractivity contribution is 7.13. The van der Waals surface area contributed by atoms with Gasteiger partial charge >= 0.3 is 0 Å². The monoisotopic (exact) mass is 290 g/mol. The van der Waals surface area contributed by atoms with Crippen LogP contribution in [0, 0.1) is 13.8 Å². The third-order valence-corrected chi connectivity index (χ3v) is 3.61. The van der Waals surface area contributed by atoms with E-state index in [-0.39, 0.29) is 16.7 Å². The summed E-state index contributed by atoms with van der Waals surface area (Å²) in [5.41, 5.74) is 0.736. The lowest BCUT2D eigenvalue weighted by Crippen LogP contribution is -2.16. The van der Waals surface area contributed by atoms with E-state index in [0.29, 0.717) is 10.9 Å². The van der Waals surface area contributed by atoms with Crippen molar-refractivity contribution in [1.82, 2.24) is 15.0 Å². The first-order valence-corrected chi connectivity index (χ1v) is 6.64. The lowest BCUT2D eigenvalue weighted by atomic mass is 10.2. The van der Waals surface area contributed by atoms with Crippen molar-refractivity contribution in [2.45, 2.75) is 13.8 Å². The van der Waals surface area contributed by atoms with Crippen molar-refractivity contribution in [1.29, 1.82) is 0 Å². The van der Waals surface area contributed by atoms with Crippen LogP contribution >= 0.6 is 11.3 Å². The molecule has 2 N–H and O–H groups in total. The van der Waals surface area contributed by atoms with Gasteiger partial charge in [0.1, 0.15) is 11.1 Å². The largest absolute Gasteiger partial charge is 0.442 e. The van der Waals surface area contributed by atoms with Crippen molar-refractivity contribution in [3.63, 3.8) is 0 Å². The van der Waals surface area contributed by atoms with Gasteiger partial charge in [0.05, 0.1) is 17.6 Å². The number of hydrogen-bond acceptors (Lipinski definition) is 6. The Bertz CT molecular complexity index is 861. The first-order valence-electron chi connectivity index (χ1n) is 5.76. The average Bonchev–Trinajstić information content (AvgIpc) is 2.93. The maximum atomic E-state index is 12.3. The molecule has 7 nitrogen and oxygen atoms in total. The van der Waals surface area contributed by atoms with E-state index in [1.165, 1.54) is 17.7 Å². The predicted molar refractivity (Wildman–Crippen MR) is 74.2 cm³/mol. The van der Waals surface area contributed by atoms with Crippen LogP contribution in [0.2, 0.25) is 0 Å². The number of aromatic amines is 1. The number of rotatable bonds is 2. The number of fused-ring (bicyclic) bond motifs is 1. The van der Waals surface area contributed by atoms with Crippen molar-refractivity contribution in [3.05, 3.63) is 39.1 Å². The van der Waals surface area contributed by atoms with E-state index in [0.717, 1.165) is 5.69 Å². The first-order chi connectivity index (χ1) is 9.56. The number of aryl methyl sites for hydroxylation is 2. The molecule has 0 bridgehead atoms. The Kier molecular flexibility index (Phi) is 2.87. The maximum absolute atomic E-state index is 12.3. The van der Waals surface area contributed by atoms with Gasteiger partial charge in [-0.2, -0.15) is 0 Å². The van der Waals surface area contributed by atoms with E-state index in [1.807, 2.05) is 12.3 Å². The van der Waals surface area contributed by atoms with Gasteiger partial charge < -0.3 is 9.40 Å². The summed E-state index contributed by atoms with van der Waals surface area (Å²) in [6, 6.07) is 0. The third-order valence-electron chi connectivity index (χ3n) is 2.74. The van der Waals surface area contributed by atoms with E-state index in [1.54, 1.807) is 6.92 Å². The van der Waals surface area contributed by atoms with Crippen molar-refractivity contribution >= 4 is 33.5 Å². The summed E-state index contributed by atoms with van der Waals surface area (Å²) in [6.07, 6.45) is 1.24. The number of thiazole rings is 1. The number of hydrogen-bond donors (Lipinski definition) is 2. The van der Waals surface area contributed by atoms with Crippen molar-refractivity contribution in [2.24, 2.45) is 0 Å². The highest BCUT2D eigenvalue weighted by Gasteiger charge is 2.22. The fourth-order valence-corrected chi connectivity index (χ4v) is 2.58. The molecule has 0 fully saturated rings. The van der Waals surface area contributed by atoms with Crippen LogP contribution in [0.15, 0.2) is 20.9 Å². The minimum absolute atomic E-state index is 0.145. The summed E-state index contributed by atoms with van der Waals surface area (Å²) < 4.78 is 5.33. The van der Waals surface area contributed by atoms with Crippen LogP contribution < -0.4 is 10.9 Å². The Morgan fingerprint density at radius 2 is 2.25 bits per heavy atom. The summed E-state index contributed by atoms with van der Waals surface area (Å²) >= 11 is 1.32. The Balaban J connectivity index is 2.07.